The normalized spacial score (nSPS) is 16.8. The smallest absolute Gasteiger partial charge is 0.0871 e. The Morgan fingerprint density at radius 3 is 2.94 bits per heavy atom. The molecule has 0 saturated carbocycles. The fourth-order valence-corrected chi connectivity index (χ4v) is 1.69. The van der Waals surface area contributed by atoms with Crippen LogP contribution in [0.15, 0.2) is 42.3 Å². The lowest BCUT2D eigenvalue weighted by molar-refractivity contribution is 0.713. The lowest BCUT2D eigenvalue weighted by Crippen LogP contribution is -2.17. The zero-order valence-corrected chi connectivity index (χ0v) is 11.1. The molecule has 1 aliphatic rings. The quantitative estimate of drug-likeness (QED) is 0.864. The van der Waals surface area contributed by atoms with Gasteiger partial charge in [-0.25, -0.2) is 0 Å². The SMILES string of the molecule is CC.CC1=CC(c2cc(CC#N)ccn2)NC=C1.[HH]. The number of nitrogens with zero attached hydrogens (tertiary/aromatic N) is 2. The van der Waals surface area contributed by atoms with Crippen molar-refractivity contribution in [1.29, 1.82) is 5.26 Å². The van der Waals surface area contributed by atoms with Gasteiger partial charge in [0.1, 0.15) is 0 Å². The van der Waals surface area contributed by atoms with Gasteiger partial charge >= 0.3 is 0 Å². The Morgan fingerprint density at radius 2 is 2.28 bits per heavy atom. The summed E-state index contributed by atoms with van der Waals surface area (Å²) < 4.78 is 0. The van der Waals surface area contributed by atoms with Gasteiger partial charge in [0.25, 0.3) is 0 Å². The molecule has 3 nitrogen and oxygen atoms in total. The number of nitriles is 1. The average Bonchev–Trinajstić information content (AvgIpc) is 2.42. The Hall–Kier alpha value is -2.08. The van der Waals surface area contributed by atoms with Crippen LogP contribution in [-0.4, -0.2) is 4.98 Å². The highest BCUT2D eigenvalue weighted by molar-refractivity contribution is 5.30. The standard InChI is InChI=1S/C13H13N3.C2H6.H2/c1-10-3-6-15-12(8-10)13-9-11(2-5-14)4-7-16-13;1-2;/h3-4,6-9,12,15H,2H2,1H3;1-2H3;1H. The molecule has 1 unspecified atom stereocenters. The van der Waals surface area contributed by atoms with Crippen LogP contribution in [0.2, 0.25) is 0 Å². The van der Waals surface area contributed by atoms with Crippen molar-refractivity contribution in [2.24, 2.45) is 0 Å². The van der Waals surface area contributed by atoms with Gasteiger partial charge in [-0.2, -0.15) is 5.26 Å². The van der Waals surface area contributed by atoms with Gasteiger partial charge < -0.3 is 5.32 Å². The summed E-state index contributed by atoms with van der Waals surface area (Å²) in [5, 5.41) is 11.9. The maximum absolute atomic E-state index is 8.65. The van der Waals surface area contributed by atoms with Gasteiger partial charge in [0, 0.05) is 7.62 Å². The van der Waals surface area contributed by atoms with E-state index in [9.17, 15) is 0 Å². The number of dihydropyridines is 1. The molecular formula is C15H21N3. The van der Waals surface area contributed by atoms with Crippen molar-refractivity contribution in [3.63, 3.8) is 0 Å². The Bertz CT molecular complexity index is 486. The monoisotopic (exact) mass is 243 g/mol. The highest BCUT2D eigenvalue weighted by Gasteiger charge is 2.11. The Kier molecular flexibility index (Phi) is 5.66. The van der Waals surface area contributed by atoms with Gasteiger partial charge in [-0.3, -0.25) is 4.98 Å². The summed E-state index contributed by atoms with van der Waals surface area (Å²) in [6.07, 6.45) is 8.26. The molecule has 96 valence electrons. The second kappa shape index (κ2) is 7.29. The third kappa shape index (κ3) is 3.74. The van der Waals surface area contributed by atoms with Crippen LogP contribution >= 0.6 is 0 Å². The van der Waals surface area contributed by atoms with E-state index < -0.39 is 0 Å². The Balaban J connectivity index is 0.00000103. The first-order chi connectivity index (χ1) is 8.79. The molecule has 0 amide bonds. The molecular weight excluding hydrogens is 222 g/mol. The molecule has 0 spiro atoms. The van der Waals surface area contributed by atoms with Crippen LogP contribution in [0.4, 0.5) is 0 Å². The third-order valence-electron chi connectivity index (χ3n) is 2.50. The van der Waals surface area contributed by atoms with Crippen LogP contribution < -0.4 is 5.32 Å². The maximum atomic E-state index is 8.65. The lowest BCUT2D eigenvalue weighted by Gasteiger charge is -2.17. The van der Waals surface area contributed by atoms with Gasteiger partial charge in [0.05, 0.1) is 24.2 Å². The number of aromatic nitrogens is 1. The maximum Gasteiger partial charge on any atom is 0.0871 e. The van der Waals surface area contributed by atoms with Gasteiger partial charge in [0.2, 0.25) is 0 Å². The van der Waals surface area contributed by atoms with Gasteiger partial charge in [-0.05, 0) is 36.9 Å². The van der Waals surface area contributed by atoms with Crippen LogP contribution in [0, 0.1) is 11.3 Å². The second-order valence-electron chi connectivity index (χ2n) is 3.81. The summed E-state index contributed by atoms with van der Waals surface area (Å²) in [6.45, 7) is 6.06. The van der Waals surface area contributed by atoms with Crippen molar-refractivity contribution < 1.29 is 1.43 Å². The van der Waals surface area contributed by atoms with Crippen LogP contribution in [0.25, 0.3) is 0 Å². The van der Waals surface area contributed by atoms with Gasteiger partial charge in [-0.15, -0.1) is 0 Å². The van der Waals surface area contributed by atoms with E-state index in [-0.39, 0.29) is 7.47 Å². The van der Waals surface area contributed by atoms with E-state index >= 15 is 0 Å². The minimum Gasteiger partial charge on any atom is -0.379 e. The molecule has 2 rings (SSSR count). The molecule has 0 aromatic carbocycles. The summed E-state index contributed by atoms with van der Waals surface area (Å²) in [7, 11) is 0. The molecule has 1 atom stereocenters. The first kappa shape index (κ1) is 14.0. The molecule has 1 aromatic rings. The number of nitrogens with one attached hydrogen (secondary N) is 1. The summed E-state index contributed by atoms with van der Waals surface area (Å²) in [5.41, 5.74) is 3.18. The molecule has 1 aliphatic heterocycles. The van der Waals surface area contributed by atoms with E-state index in [0.29, 0.717) is 6.42 Å². The van der Waals surface area contributed by atoms with Crippen LogP contribution in [0.5, 0.6) is 0 Å². The molecule has 0 saturated heterocycles. The Labute approximate surface area is 110 Å². The largest absolute Gasteiger partial charge is 0.379 e. The average molecular weight is 243 g/mol. The minimum absolute atomic E-state index is 0. The molecule has 1 aromatic heterocycles. The highest BCUT2D eigenvalue weighted by atomic mass is 14.9. The number of hydrogen-bond acceptors (Lipinski definition) is 3. The number of hydrogen-bond donors (Lipinski definition) is 1. The molecule has 0 aliphatic carbocycles. The first-order valence-electron chi connectivity index (χ1n) is 6.22. The van der Waals surface area contributed by atoms with Crippen molar-refractivity contribution in [1.82, 2.24) is 10.3 Å². The number of pyridine rings is 1. The molecule has 1 N–H and O–H groups in total. The first-order valence-corrected chi connectivity index (χ1v) is 6.22. The molecule has 0 fully saturated rings. The van der Waals surface area contributed by atoms with Gasteiger partial charge in [-0.1, -0.05) is 25.5 Å². The van der Waals surface area contributed by atoms with E-state index in [1.165, 1.54) is 5.57 Å². The number of allylic oxidation sites excluding steroid dienone is 2. The van der Waals surface area contributed by atoms with Crippen molar-refractivity contribution >= 4 is 0 Å². The topological polar surface area (TPSA) is 48.7 Å². The predicted octanol–water partition coefficient (Wildman–Crippen LogP) is 3.52. The zero-order chi connectivity index (χ0) is 13.4. The van der Waals surface area contributed by atoms with Crippen LogP contribution in [0.3, 0.4) is 0 Å². The summed E-state index contributed by atoms with van der Waals surface area (Å²) in [6, 6.07) is 6.11. The van der Waals surface area contributed by atoms with Crippen molar-refractivity contribution in [2.75, 3.05) is 0 Å². The van der Waals surface area contributed by atoms with Gasteiger partial charge in [0.15, 0.2) is 0 Å². The molecule has 0 radical (unpaired) electrons. The summed E-state index contributed by atoms with van der Waals surface area (Å²) >= 11 is 0. The fraction of sp³-hybridized carbons (Fsp3) is 0.333. The van der Waals surface area contributed by atoms with E-state index in [0.717, 1.165) is 11.3 Å². The Morgan fingerprint density at radius 1 is 1.50 bits per heavy atom. The summed E-state index contributed by atoms with van der Waals surface area (Å²) in [5.74, 6) is 0. The lowest BCUT2D eigenvalue weighted by atomic mass is 10.0. The molecule has 3 heteroatoms. The van der Waals surface area contributed by atoms with E-state index in [1.54, 1.807) is 6.20 Å². The van der Waals surface area contributed by atoms with Crippen molar-refractivity contribution in [2.45, 2.75) is 33.2 Å². The highest BCUT2D eigenvalue weighted by Crippen LogP contribution is 2.18. The van der Waals surface area contributed by atoms with E-state index in [4.69, 9.17) is 5.26 Å². The van der Waals surface area contributed by atoms with Crippen molar-refractivity contribution in [3.8, 4) is 6.07 Å². The molecule has 0 bridgehead atoms. The number of rotatable bonds is 2. The van der Waals surface area contributed by atoms with E-state index in [2.05, 4.69) is 29.4 Å². The third-order valence-corrected chi connectivity index (χ3v) is 2.50. The zero-order valence-electron chi connectivity index (χ0n) is 11.1. The van der Waals surface area contributed by atoms with Crippen LogP contribution in [0.1, 0.15) is 39.5 Å². The summed E-state index contributed by atoms with van der Waals surface area (Å²) in [4.78, 5) is 4.33. The van der Waals surface area contributed by atoms with E-state index in [1.807, 2.05) is 38.3 Å². The fourth-order valence-electron chi connectivity index (χ4n) is 1.69. The van der Waals surface area contributed by atoms with Crippen molar-refractivity contribution in [3.05, 3.63) is 53.5 Å². The molecule has 18 heavy (non-hydrogen) atoms. The molecule has 2 heterocycles. The minimum atomic E-state index is 0. The second-order valence-corrected chi connectivity index (χ2v) is 3.81. The predicted molar refractivity (Wildman–Crippen MR) is 75.8 cm³/mol. The van der Waals surface area contributed by atoms with Crippen LogP contribution in [-0.2, 0) is 6.42 Å².